The van der Waals surface area contributed by atoms with E-state index in [0.29, 0.717) is 11.4 Å². The molecule has 0 aliphatic heterocycles. The minimum Gasteiger partial charge on any atom is -0.438 e. The molecule has 0 saturated carbocycles. The number of aromatic nitrogens is 2. The van der Waals surface area contributed by atoms with Crippen molar-refractivity contribution in [2.24, 2.45) is 0 Å². The van der Waals surface area contributed by atoms with E-state index in [2.05, 4.69) is 25.8 Å². The number of sulfone groups is 1. The molecule has 0 radical (unpaired) electrons. The Labute approximate surface area is 209 Å². The Morgan fingerprint density at radius 3 is 2.31 bits per heavy atom. The first-order chi connectivity index (χ1) is 17.0. The fraction of sp³-hybridized carbons (Fsp3) is 0.179. The zero-order chi connectivity index (χ0) is 26.1. The van der Waals surface area contributed by atoms with Crippen LogP contribution in [0.4, 0.5) is 0 Å². The van der Waals surface area contributed by atoms with Crippen LogP contribution in [0.1, 0.15) is 37.5 Å². The van der Waals surface area contributed by atoms with E-state index < -0.39 is 20.3 Å². The fourth-order valence-corrected chi connectivity index (χ4v) is 4.71. The van der Waals surface area contributed by atoms with Gasteiger partial charge in [0.1, 0.15) is 27.9 Å². The molecule has 4 aromatic rings. The van der Waals surface area contributed by atoms with Crippen LogP contribution < -0.4 is 10.3 Å². The van der Waals surface area contributed by atoms with Crippen molar-refractivity contribution in [3.8, 4) is 17.7 Å². The Bertz CT molecular complexity index is 1670. The maximum atomic E-state index is 13.4. The highest BCUT2D eigenvalue weighted by atomic mass is 32.2. The predicted molar refractivity (Wildman–Crippen MR) is 139 cm³/mol. The first-order valence-corrected chi connectivity index (χ1v) is 12.7. The van der Waals surface area contributed by atoms with E-state index in [-0.39, 0.29) is 21.8 Å². The highest BCUT2D eigenvalue weighted by Crippen LogP contribution is 2.29. The lowest BCUT2D eigenvalue weighted by atomic mass is 9.87. The van der Waals surface area contributed by atoms with Gasteiger partial charge in [0.15, 0.2) is 0 Å². The van der Waals surface area contributed by atoms with Gasteiger partial charge in [-0.25, -0.2) is 8.42 Å². The van der Waals surface area contributed by atoms with Crippen molar-refractivity contribution in [1.82, 2.24) is 9.38 Å². The van der Waals surface area contributed by atoms with Gasteiger partial charge in [0.05, 0.1) is 4.90 Å². The molecule has 0 N–H and O–H groups in total. The minimum atomic E-state index is -4.18. The van der Waals surface area contributed by atoms with Gasteiger partial charge in [-0.3, -0.25) is 9.20 Å². The number of benzene rings is 2. The minimum absolute atomic E-state index is 0.0463. The molecule has 0 bridgehead atoms. The van der Waals surface area contributed by atoms with Gasteiger partial charge in [-0.1, -0.05) is 56.7 Å². The average Bonchev–Trinajstić information content (AvgIpc) is 2.84. The van der Waals surface area contributed by atoms with Crippen molar-refractivity contribution < 1.29 is 13.2 Å². The number of allylic oxidation sites excluding steroid dienone is 1. The van der Waals surface area contributed by atoms with Gasteiger partial charge < -0.3 is 4.74 Å². The summed E-state index contributed by atoms with van der Waals surface area (Å²) in [7, 11) is -4.18. The summed E-state index contributed by atoms with van der Waals surface area (Å²) in [6, 6.07) is 20.2. The summed E-state index contributed by atoms with van der Waals surface area (Å²) in [5.74, 6) is 0.325. The third-order valence-corrected chi connectivity index (χ3v) is 7.36. The van der Waals surface area contributed by atoms with Crippen molar-refractivity contribution in [2.75, 3.05) is 0 Å². The predicted octanol–water partition coefficient (Wildman–Crippen LogP) is 5.43. The zero-order valence-electron chi connectivity index (χ0n) is 20.4. The molecule has 0 aliphatic rings. The maximum Gasteiger partial charge on any atom is 0.269 e. The number of nitriles is 1. The van der Waals surface area contributed by atoms with Crippen molar-refractivity contribution >= 4 is 21.6 Å². The molecule has 0 spiro atoms. The molecule has 0 fully saturated rings. The zero-order valence-corrected chi connectivity index (χ0v) is 21.2. The van der Waals surface area contributed by atoms with Crippen molar-refractivity contribution in [2.45, 2.75) is 38.0 Å². The Hall–Kier alpha value is -4.22. The topological polar surface area (TPSA) is 102 Å². The van der Waals surface area contributed by atoms with Gasteiger partial charge in [-0.15, -0.1) is 0 Å². The normalized spacial score (nSPS) is 12.4. The van der Waals surface area contributed by atoms with Crippen LogP contribution in [-0.2, 0) is 15.3 Å². The molecule has 0 atom stereocenters. The van der Waals surface area contributed by atoms with Crippen LogP contribution in [0.2, 0.25) is 0 Å². The molecule has 182 valence electrons. The SMILES string of the molecule is Cc1ccc(S(=O)(=O)C(C#N)=Cc2c(Oc3ccc(C(C)(C)C)cc3)nc3ccccn3c2=O)cc1. The summed E-state index contributed by atoms with van der Waals surface area (Å²) < 4.78 is 33.6. The van der Waals surface area contributed by atoms with Crippen molar-refractivity contribution in [3.63, 3.8) is 0 Å². The number of pyridine rings is 1. The number of fused-ring (bicyclic) bond motifs is 1. The van der Waals surface area contributed by atoms with Crippen LogP contribution in [0.3, 0.4) is 0 Å². The molecular weight excluding hydrogens is 474 g/mol. The number of hydrogen-bond donors (Lipinski definition) is 0. The summed E-state index contributed by atoms with van der Waals surface area (Å²) in [5, 5.41) is 9.76. The summed E-state index contributed by atoms with van der Waals surface area (Å²) >= 11 is 0. The van der Waals surface area contributed by atoms with Crippen LogP contribution in [0, 0.1) is 18.3 Å². The summed E-state index contributed by atoms with van der Waals surface area (Å²) in [5.41, 5.74) is 1.53. The van der Waals surface area contributed by atoms with Gasteiger partial charge in [0.25, 0.3) is 5.56 Å². The monoisotopic (exact) mass is 499 g/mol. The lowest BCUT2D eigenvalue weighted by Crippen LogP contribution is -2.19. The van der Waals surface area contributed by atoms with Crippen LogP contribution >= 0.6 is 0 Å². The number of nitrogens with zero attached hydrogens (tertiary/aromatic N) is 3. The largest absolute Gasteiger partial charge is 0.438 e. The van der Waals surface area contributed by atoms with Gasteiger partial charge in [-0.2, -0.15) is 10.2 Å². The van der Waals surface area contributed by atoms with E-state index in [1.165, 1.54) is 22.7 Å². The number of aryl methyl sites for hydroxylation is 1. The fourth-order valence-electron chi connectivity index (χ4n) is 3.56. The molecule has 36 heavy (non-hydrogen) atoms. The molecule has 2 heterocycles. The molecule has 2 aromatic heterocycles. The molecule has 2 aromatic carbocycles. The van der Waals surface area contributed by atoms with Crippen LogP contribution in [0.5, 0.6) is 11.6 Å². The van der Waals surface area contributed by atoms with E-state index in [1.54, 1.807) is 48.5 Å². The number of ether oxygens (including phenoxy) is 1. The summed E-state index contributed by atoms with van der Waals surface area (Å²) in [4.78, 5) is 17.2. The Kier molecular flexibility index (Phi) is 6.53. The lowest BCUT2D eigenvalue weighted by molar-refractivity contribution is 0.460. The Balaban J connectivity index is 1.88. The Morgan fingerprint density at radius 2 is 1.69 bits per heavy atom. The van der Waals surface area contributed by atoms with Gasteiger partial charge in [-0.05, 0) is 60.4 Å². The third-order valence-electron chi connectivity index (χ3n) is 5.68. The van der Waals surface area contributed by atoms with E-state index >= 15 is 0 Å². The summed E-state index contributed by atoms with van der Waals surface area (Å²) in [6.07, 6.45) is 2.55. The molecule has 0 aliphatic carbocycles. The average molecular weight is 500 g/mol. The molecular formula is C28H25N3O4S. The molecule has 8 heteroatoms. The molecule has 0 amide bonds. The second-order valence-electron chi connectivity index (χ2n) is 9.38. The standard InChI is InChI=1S/C28H25N3O4S/c1-19-8-14-22(15-9-19)36(33,34)23(18-29)17-24-26(30-25-7-5-6-16-31(25)27(24)32)35-21-12-10-20(11-13-21)28(2,3)4/h5-17H,1-4H3. The second kappa shape index (κ2) is 9.44. The highest BCUT2D eigenvalue weighted by molar-refractivity contribution is 7.95. The van der Waals surface area contributed by atoms with Crippen molar-refractivity contribution in [1.29, 1.82) is 5.26 Å². The third kappa shape index (κ3) is 4.92. The first-order valence-electron chi connectivity index (χ1n) is 11.2. The van der Waals surface area contributed by atoms with E-state index in [1.807, 2.05) is 19.1 Å². The van der Waals surface area contributed by atoms with Gasteiger partial charge in [0, 0.05) is 6.20 Å². The number of hydrogen-bond acceptors (Lipinski definition) is 6. The van der Waals surface area contributed by atoms with Crippen LogP contribution in [0.15, 0.2) is 87.5 Å². The second-order valence-corrected chi connectivity index (χ2v) is 11.3. The Morgan fingerprint density at radius 1 is 1.03 bits per heavy atom. The van der Waals surface area contributed by atoms with Crippen LogP contribution in [-0.4, -0.2) is 17.8 Å². The molecule has 4 rings (SSSR count). The van der Waals surface area contributed by atoms with E-state index in [0.717, 1.165) is 17.2 Å². The highest BCUT2D eigenvalue weighted by Gasteiger charge is 2.24. The maximum absolute atomic E-state index is 13.4. The smallest absolute Gasteiger partial charge is 0.269 e. The van der Waals surface area contributed by atoms with E-state index in [4.69, 9.17) is 4.74 Å². The molecule has 0 unspecified atom stereocenters. The molecule has 7 nitrogen and oxygen atoms in total. The van der Waals surface area contributed by atoms with Crippen LogP contribution in [0.25, 0.3) is 11.7 Å². The molecule has 0 saturated heterocycles. The van der Waals surface area contributed by atoms with E-state index in [9.17, 15) is 18.5 Å². The van der Waals surface area contributed by atoms with Crippen molar-refractivity contribution in [3.05, 3.63) is 105 Å². The number of rotatable bonds is 5. The van der Waals surface area contributed by atoms with Gasteiger partial charge >= 0.3 is 0 Å². The lowest BCUT2D eigenvalue weighted by Gasteiger charge is -2.19. The first kappa shape index (κ1) is 24.9. The summed E-state index contributed by atoms with van der Waals surface area (Å²) in [6.45, 7) is 8.11. The van der Waals surface area contributed by atoms with Gasteiger partial charge in [0.2, 0.25) is 15.7 Å². The quantitative estimate of drug-likeness (QED) is 0.339.